The Morgan fingerprint density at radius 2 is 1.89 bits per heavy atom. The summed E-state index contributed by atoms with van der Waals surface area (Å²) in [4.78, 5) is 4.27. The normalized spacial score (nSPS) is 14.1. The van der Waals surface area contributed by atoms with E-state index in [-0.39, 0.29) is 6.04 Å². The van der Waals surface area contributed by atoms with Crippen LogP contribution in [0.4, 0.5) is 0 Å². The Morgan fingerprint density at radius 1 is 1.16 bits per heavy atom. The van der Waals surface area contributed by atoms with Crippen LogP contribution in [0.3, 0.4) is 0 Å². The molecule has 0 saturated heterocycles. The Kier molecular flexibility index (Phi) is 4.66. The van der Waals surface area contributed by atoms with Crippen molar-refractivity contribution in [2.45, 2.75) is 32.2 Å². The number of aromatic nitrogens is 1. The topological polar surface area (TPSA) is 50.9 Å². The van der Waals surface area contributed by atoms with Crippen LogP contribution in [0.2, 0.25) is 0 Å². The predicted octanol–water partition coefficient (Wildman–Crippen LogP) is 3.09. The van der Waals surface area contributed by atoms with E-state index in [1.807, 2.05) is 25.4 Å². The first-order valence-corrected chi connectivity index (χ1v) is 6.69. The van der Waals surface area contributed by atoms with E-state index in [1.165, 1.54) is 5.56 Å². The van der Waals surface area contributed by atoms with Crippen LogP contribution in [0.1, 0.15) is 42.0 Å². The molecule has 0 bridgehead atoms. The number of nitrogens with two attached hydrogens (primary N) is 1. The monoisotopic (exact) mass is 255 g/mol. The molecular weight excluding hydrogens is 234 g/mol. The van der Waals surface area contributed by atoms with Crippen LogP contribution in [0.5, 0.6) is 0 Å². The maximum absolute atomic E-state index is 5.79. The van der Waals surface area contributed by atoms with Gasteiger partial charge in [0, 0.05) is 18.3 Å². The lowest BCUT2D eigenvalue weighted by Crippen LogP contribution is -2.32. The van der Waals surface area contributed by atoms with Crippen molar-refractivity contribution in [1.29, 1.82) is 0 Å². The summed E-state index contributed by atoms with van der Waals surface area (Å²) in [7, 11) is 0. The van der Waals surface area contributed by atoms with Crippen molar-refractivity contribution in [3.63, 3.8) is 0 Å². The molecule has 19 heavy (non-hydrogen) atoms. The molecule has 0 spiro atoms. The van der Waals surface area contributed by atoms with Gasteiger partial charge in [0.25, 0.3) is 0 Å². The second-order valence-electron chi connectivity index (χ2n) is 4.87. The Hall–Kier alpha value is -1.71. The molecule has 1 heterocycles. The summed E-state index contributed by atoms with van der Waals surface area (Å²) in [5.74, 6) is 6.13. The molecule has 2 aromatic rings. The summed E-state index contributed by atoms with van der Waals surface area (Å²) in [6, 6.07) is 12.7. The zero-order valence-corrected chi connectivity index (χ0v) is 11.5. The molecule has 2 unspecified atom stereocenters. The molecule has 0 aliphatic heterocycles. The summed E-state index contributed by atoms with van der Waals surface area (Å²) in [6.07, 6.45) is 4.77. The molecule has 0 radical (unpaired) electrons. The van der Waals surface area contributed by atoms with Crippen LogP contribution >= 0.6 is 0 Å². The number of pyridine rings is 1. The molecule has 0 aliphatic carbocycles. The number of hydrazine groups is 1. The van der Waals surface area contributed by atoms with E-state index in [1.54, 1.807) is 0 Å². The van der Waals surface area contributed by atoms with Gasteiger partial charge in [-0.2, -0.15) is 0 Å². The highest BCUT2D eigenvalue weighted by molar-refractivity contribution is 5.28. The van der Waals surface area contributed by atoms with Crippen LogP contribution in [0, 0.1) is 6.92 Å². The smallest absolute Gasteiger partial charge is 0.0543 e. The molecule has 3 heteroatoms. The predicted molar refractivity (Wildman–Crippen MR) is 78.5 cm³/mol. The molecule has 3 N–H and O–H groups in total. The molecule has 0 saturated carbocycles. The molecule has 2 rings (SSSR count). The molecule has 1 aromatic heterocycles. The van der Waals surface area contributed by atoms with E-state index in [4.69, 9.17) is 5.84 Å². The van der Waals surface area contributed by atoms with Crippen molar-refractivity contribution >= 4 is 0 Å². The number of aryl methyl sites for hydroxylation is 1. The van der Waals surface area contributed by atoms with Gasteiger partial charge in [0.2, 0.25) is 0 Å². The van der Waals surface area contributed by atoms with Gasteiger partial charge < -0.3 is 0 Å². The molecule has 2 atom stereocenters. The standard InChI is InChI=1S/C16H21N3/c1-3-15(13-7-5-4-6-8-13)16(19-17)14-9-12(2)10-18-11-14/h4-11,15-16,19H,3,17H2,1-2H3. The Bertz CT molecular complexity index is 510. The number of nitrogens with one attached hydrogen (secondary N) is 1. The zero-order valence-electron chi connectivity index (χ0n) is 11.5. The first-order chi connectivity index (χ1) is 9.26. The maximum Gasteiger partial charge on any atom is 0.0543 e. The van der Waals surface area contributed by atoms with Crippen molar-refractivity contribution < 1.29 is 0 Å². The van der Waals surface area contributed by atoms with E-state index in [2.05, 4.69) is 47.7 Å². The molecule has 3 nitrogen and oxygen atoms in total. The third-order valence-electron chi connectivity index (χ3n) is 3.50. The number of hydrogen-bond acceptors (Lipinski definition) is 3. The number of benzene rings is 1. The van der Waals surface area contributed by atoms with Crippen molar-refractivity contribution in [3.8, 4) is 0 Å². The van der Waals surface area contributed by atoms with Gasteiger partial charge in [0.1, 0.15) is 0 Å². The first-order valence-electron chi connectivity index (χ1n) is 6.69. The minimum Gasteiger partial charge on any atom is -0.271 e. The zero-order chi connectivity index (χ0) is 13.7. The van der Waals surface area contributed by atoms with Crippen LogP contribution in [0.15, 0.2) is 48.8 Å². The fraction of sp³-hybridized carbons (Fsp3) is 0.312. The van der Waals surface area contributed by atoms with Gasteiger partial charge in [-0.15, -0.1) is 0 Å². The van der Waals surface area contributed by atoms with Crippen LogP contribution < -0.4 is 11.3 Å². The molecule has 1 aromatic carbocycles. The highest BCUT2D eigenvalue weighted by atomic mass is 15.2. The maximum atomic E-state index is 5.79. The van der Waals surface area contributed by atoms with Gasteiger partial charge in [-0.25, -0.2) is 0 Å². The Labute approximate surface area is 114 Å². The number of rotatable bonds is 5. The summed E-state index contributed by atoms with van der Waals surface area (Å²) < 4.78 is 0. The Balaban J connectivity index is 2.34. The second-order valence-corrected chi connectivity index (χ2v) is 4.87. The number of hydrogen-bond donors (Lipinski definition) is 2. The molecule has 0 amide bonds. The SMILES string of the molecule is CCC(c1ccccc1)C(NN)c1cncc(C)c1. The van der Waals surface area contributed by atoms with Gasteiger partial charge in [-0.05, 0) is 30.0 Å². The van der Waals surface area contributed by atoms with E-state index in [0.717, 1.165) is 17.5 Å². The summed E-state index contributed by atoms with van der Waals surface area (Å²) in [5.41, 5.74) is 6.55. The molecular formula is C16H21N3. The minimum atomic E-state index is 0.0831. The molecule has 0 aliphatic rings. The summed E-state index contributed by atoms with van der Waals surface area (Å²) in [6.45, 7) is 4.23. The minimum absolute atomic E-state index is 0.0831. The number of nitrogens with zero attached hydrogens (tertiary/aromatic N) is 1. The van der Waals surface area contributed by atoms with Gasteiger partial charge in [0.05, 0.1) is 6.04 Å². The van der Waals surface area contributed by atoms with E-state index < -0.39 is 0 Å². The van der Waals surface area contributed by atoms with Gasteiger partial charge in [-0.3, -0.25) is 16.3 Å². The summed E-state index contributed by atoms with van der Waals surface area (Å²) in [5, 5.41) is 0. The van der Waals surface area contributed by atoms with Crippen molar-refractivity contribution in [2.75, 3.05) is 0 Å². The quantitative estimate of drug-likeness (QED) is 0.637. The van der Waals surface area contributed by atoms with Crippen molar-refractivity contribution in [2.24, 2.45) is 5.84 Å². The fourth-order valence-electron chi connectivity index (χ4n) is 2.56. The average molecular weight is 255 g/mol. The lowest BCUT2D eigenvalue weighted by atomic mass is 9.86. The van der Waals surface area contributed by atoms with E-state index in [9.17, 15) is 0 Å². The summed E-state index contributed by atoms with van der Waals surface area (Å²) >= 11 is 0. The fourth-order valence-corrected chi connectivity index (χ4v) is 2.56. The Morgan fingerprint density at radius 3 is 2.47 bits per heavy atom. The van der Waals surface area contributed by atoms with Gasteiger partial charge in [0.15, 0.2) is 0 Å². The van der Waals surface area contributed by atoms with Crippen LogP contribution in [-0.2, 0) is 0 Å². The lowest BCUT2D eigenvalue weighted by molar-refractivity contribution is 0.444. The van der Waals surface area contributed by atoms with Gasteiger partial charge in [-0.1, -0.05) is 43.3 Å². The van der Waals surface area contributed by atoms with E-state index in [0.29, 0.717) is 5.92 Å². The third-order valence-corrected chi connectivity index (χ3v) is 3.50. The highest BCUT2D eigenvalue weighted by Crippen LogP contribution is 2.32. The largest absolute Gasteiger partial charge is 0.271 e. The lowest BCUT2D eigenvalue weighted by Gasteiger charge is -2.26. The first kappa shape index (κ1) is 13.7. The van der Waals surface area contributed by atoms with Crippen LogP contribution in [-0.4, -0.2) is 4.98 Å². The van der Waals surface area contributed by atoms with E-state index >= 15 is 0 Å². The van der Waals surface area contributed by atoms with Crippen molar-refractivity contribution in [1.82, 2.24) is 10.4 Å². The molecule has 0 fully saturated rings. The molecule has 100 valence electrons. The van der Waals surface area contributed by atoms with Crippen LogP contribution in [0.25, 0.3) is 0 Å². The van der Waals surface area contributed by atoms with Crippen molar-refractivity contribution in [3.05, 3.63) is 65.5 Å². The highest BCUT2D eigenvalue weighted by Gasteiger charge is 2.22. The third kappa shape index (κ3) is 3.19. The average Bonchev–Trinajstić information content (AvgIpc) is 2.45. The second kappa shape index (κ2) is 6.45. The van der Waals surface area contributed by atoms with Gasteiger partial charge >= 0.3 is 0 Å².